The van der Waals surface area contributed by atoms with Crippen molar-refractivity contribution in [3.05, 3.63) is 78.5 Å². The van der Waals surface area contributed by atoms with E-state index in [0.717, 1.165) is 16.5 Å². The molecule has 4 rings (SSSR count). The molecule has 1 saturated heterocycles. The molecule has 0 saturated carbocycles. The molecule has 0 bridgehead atoms. The van der Waals surface area contributed by atoms with E-state index < -0.39 is 32.9 Å². The number of pyridine rings is 1. The number of alkyl halides is 3. The van der Waals surface area contributed by atoms with Crippen LogP contribution in [0.25, 0.3) is 17.0 Å². The fourth-order valence-corrected chi connectivity index (χ4v) is 5.24. The number of thioether (sulfide) groups is 1. The first-order valence-electron chi connectivity index (χ1n) is 12.8. The Morgan fingerprint density at radius 3 is 2.54 bits per heavy atom. The zero-order valence-electron chi connectivity index (χ0n) is 22.1. The predicted molar refractivity (Wildman–Crippen MR) is 166 cm³/mol. The lowest BCUT2D eigenvalue weighted by molar-refractivity contribution is -0.117. The van der Waals surface area contributed by atoms with Crippen LogP contribution in [0.15, 0.2) is 72.9 Å². The van der Waals surface area contributed by atoms with Gasteiger partial charge in [-0.05, 0) is 30.7 Å². The van der Waals surface area contributed by atoms with E-state index in [0.29, 0.717) is 32.0 Å². The maximum absolute atomic E-state index is 12.8. The molecule has 9 nitrogen and oxygen atoms in total. The van der Waals surface area contributed by atoms with E-state index in [4.69, 9.17) is 44.3 Å². The van der Waals surface area contributed by atoms with Crippen molar-refractivity contribution in [2.75, 3.05) is 31.6 Å². The number of benzene rings is 2. The molecule has 1 fully saturated rings. The number of amides is 2. The Morgan fingerprint density at radius 2 is 1.80 bits per heavy atom. The van der Waals surface area contributed by atoms with E-state index >= 15 is 0 Å². The second-order valence-electron chi connectivity index (χ2n) is 8.99. The molecule has 3 unspecified atom stereocenters. The number of halogens is 3. The third-order valence-corrected chi connectivity index (χ3v) is 7.60. The van der Waals surface area contributed by atoms with Gasteiger partial charge in [0.05, 0.1) is 24.4 Å². The van der Waals surface area contributed by atoms with Gasteiger partial charge < -0.3 is 25.0 Å². The molecule has 0 spiro atoms. The van der Waals surface area contributed by atoms with Gasteiger partial charge in [0.2, 0.25) is 9.70 Å². The molecule has 0 aliphatic carbocycles. The Labute approximate surface area is 257 Å². The van der Waals surface area contributed by atoms with Gasteiger partial charge >= 0.3 is 6.09 Å². The molecule has 1 aliphatic rings. The monoisotopic (exact) mass is 637 g/mol. The number of hydrogen-bond donors (Lipinski definition) is 3. The molecule has 2 aromatic carbocycles. The van der Waals surface area contributed by atoms with Crippen LogP contribution in [0.1, 0.15) is 12.5 Å². The van der Waals surface area contributed by atoms with Gasteiger partial charge in [0, 0.05) is 30.7 Å². The molecule has 13 heteroatoms. The first-order valence-corrected chi connectivity index (χ1v) is 14.9. The number of para-hydroxylation sites is 1. The number of fused-ring (bicyclic) bond motifs is 1. The van der Waals surface area contributed by atoms with Gasteiger partial charge in [-0.1, -0.05) is 95.1 Å². The molecule has 2 amide bonds. The third kappa shape index (κ3) is 9.66. The van der Waals surface area contributed by atoms with Gasteiger partial charge in [-0.15, -0.1) is 0 Å². The predicted octanol–water partition coefficient (Wildman–Crippen LogP) is 5.59. The van der Waals surface area contributed by atoms with Gasteiger partial charge in [-0.2, -0.15) is 0 Å². The number of morpholine rings is 1. The summed E-state index contributed by atoms with van der Waals surface area (Å²) in [5.41, 5.74) is 0.936. The first kappa shape index (κ1) is 31.2. The standard InChI is InChI=1S/C28H30Cl3N5O4S/c1-19(40-27(38)36-15-17-39-18-16-36)41-26(33-22-11-5-9-21-10-6-14-32-24(21)22)35-25(28(29,30)31)34-23(37)13-12-20-7-3-2-4-8-20/h2-14,19,25-26,33,35H,15-18H2,1H3,(H,34,37)/b13-12+. The van der Waals surface area contributed by atoms with Crippen LogP contribution in [0.5, 0.6) is 0 Å². The minimum absolute atomic E-state index is 0.448. The quantitative estimate of drug-likeness (QED) is 0.150. The second kappa shape index (κ2) is 14.9. The molecule has 3 N–H and O–H groups in total. The summed E-state index contributed by atoms with van der Waals surface area (Å²) in [5, 5.41) is 10.2. The maximum atomic E-state index is 12.8. The molecule has 0 radical (unpaired) electrons. The minimum Gasteiger partial charge on any atom is -0.435 e. The second-order valence-corrected chi connectivity index (χ2v) is 12.8. The van der Waals surface area contributed by atoms with Gasteiger partial charge in [0.1, 0.15) is 17.1 Å². The SMILES string of the molecule is CC(OC(=O)N1CCOCC1)SC(Nc1cccc2cccnc12)NC(NC(=O)/C=C/c1ccccc1)C(Cl)(Cl)Cl. The number of hydrogen-bond acceptors (Lipinski definition) is 8. The van der Waals surface area contributed by atoms with Crippen molar-refractivity contribution >= 4 is 81.2 Å². The Hall–Kier alpha value is -2.73. The average molecular weight is 639 g/mol. The molecule has 1 aliphatic heterocycles. The molecule has 218 valence electrons. The van der Waals surface area contributed by atoms with Crippen molar-refractivity contribution < 1.29 is 19.1 Å². The van der Waals surface area contributed by atoms with Gasteiger partial charge in [0.25, 0.3) is 0 Å². The lowest BCUT2D eigenvalue weighted by Crippen LogP contribution is -2.57. The Bertz CT molecular complexity index is 1330. The van der Waals surface area contributed by atoms with Crippen molar-refractivity contribution in [2.45, 2.75) is 27.8 Å². The van der Waals surface area contributed by atoms with E-state index in [2.05, 4.69) is 20.9 Å². The highest BCUT2D eigenvalue weighted by atomic mass is 35.6. The summed E-state index contributed by atoms with van der Waals surface area (Å²) in [6.45, 7) is 3.57. The number of ether oxygens (including phenoxy) is 2. The van der Waals surface area contributed by atoms with Crippen LogP contribution in [-0.2, 0) is 14.3 Å². The number of carbonyl (C=O) groups excluding carboxylic acids is 2. The van der Waals surface area contributed by atoms with Crippen LogP contribution < -0.4 is 16.0 Å². The van der Waals surface area contributed by atoms with Crippen LogP contribution in [-0.4, -0.2) is 69.1 Å². The normalized spacial score (nSPS) is 16.2. The zero-order chi connectivity index (χ0) is 29.2. The number of rotatable bonds is 10. The summed E-state index contributed by atoms with van der Waals surface area (Å²) in [6, 6.07) is 18.8. The summed E-state index contributed by atoms with van der Waals surface area (Å²) in [6.07, 6.45) is 3.13. The maximum Gasteiger partial charge on any atom is 0.411 e. The average Bonchev–Trinajstić information content (AvgIpc) is 2.96. The highest BCUT2D eigenvalue weighted by Gasteiger charge is 2.36. The van der Waals surface area contributed by atoms with E-state index in [1.807, 2.05) is 60.7 Å². The van der Waals surface area contributed by atoms with Crippen LogP contribution in [0.2, 0.25) is 0 Å². The van der Waals surface area contributed by atoms with Crippen LogP contribution in [0, 0.1) is 0 Å². The highest BCUT2D eigenvalue weighted by Crippen LogP contribution is 2.32. The van der Waals surface area contributed by atoms with E-state index in [-0.39, 0.29) is 0 Å². The number of nitrogens with one attached hydrogen (secondary N) is 3. The van der Waals surface area contributed by atoms with E-state index in [1.54, 1.807) is 24.1 Å². The summed E-state index contributed by atoms with van der Waals surface area (Å²) in [7, 11) is 0. The molecule has 3 atom stereocenters. The van der Waals surface area contributed by atoms with Crippen molar-refractivity contribution in [3.63, 3.8) is 0 Å². The van der Waals surface area contributed by atoms with Crippen LogP contribution in [0.4, 0.5) is 10.5 Å². The van der Waals surface area contributed by atoms with Gasteiger partial charge in [-0.3, -0.25) is 15.1 Å². The van der Waals surface area contributed by atoms with Crippen molar-refractivity contribution in [3.8, 4) is 0 Å². The lowest BCUT2D eigenvalue weighted by atomic mass is 10.2. The van der Waals surface area contributed by atoms with Gasteiger partial charge in [-0.25, -0.2) is 4.79 Å². The lowest BCUT2D eigenvalue weighted by Gasteiger charge is -2.33. The van der Waals surface area contributed by atoms with Gasteiger partial charge in [0.15, 0.2) is 0 Å². The van der Waals surface area contributed by atoms with Crippen LogP contribution in [0.3, 0.4) is 0 Å². The topological polar surface area (TPSA) is 105 Å². The van der Waals surface area contributed by atoms with Crippen molar-refractivity contribution in [1.29, 1.82) is 0 Å². The summed E-state index contributed by atoms with van der Waals surface area (Å²) in [5.74, 6) is -0.472. The summed E-state index contributed by atoms with van der Waals surface area (Å²) < 4.78 is 9.07. The molecule has 3 aromatic rings. The summed E-state index contributed by atoms with van der Waals surface area (Å²) >= 11 is 20.1. The summed E-state index contributed by atoms with van der Waals surface area (Å²) in [4.78, 5) is 31.6. The number of nitrogens with zero attached hydrogens (tertiary/aromatic N) is 2. The fraction of sp³-hybridized carbons (Fsp3) is 0.321. The molecule has 1 aromatic heterocycles. The van der Waals surface area contributed by atoms with Crippen molar-refractivity contribution in [2.24, 2.45) is 0 Å². The fourth-order valence-electron chi connectivity index (χ4n) is 3.95. The van der Waals surface area contributed by atoms with Crippen LogP contribution >= 0.6 is 46.6 Å². The van der Waals surface area contributed by atoms with Crippen molar-refractivity contribution in [1.82, 2.24) is 20.5 Å². The number of carbonyl (C=O) groups is 2. The third-order valence-electron chi connectivity index (χ3n) is 5.94. The smallest absolute Gasteiger partial charge is 0.411 e. The number of aromatic nitrogens is 1. The number of anilines is 1. The Kier molecular flexibility index (Phi) is 11.4. The molecule has 2 heterocycles. The Balaban J connectivity index is 1.52. The molecular weight excluding hydrogens is 609 g/mol. The molecule has 41 heavy (non-hydrogen) atoms. The minimum atomic E-state index is -1.93. The van der Waals surface area contributed by atoms with E-state index in [9.17, 15) is 9.59 Å². The zero-order valence-corrected chi connectivity index (χ0v) is 25.2. The highest BCUT2D eigenvalue weighted by molar-refractivity contribution is 8.00. The Morgan fingerprint density at radius 1 is 1.07 bits per heavy atom. The van der Waals surface area contributed by atoms with E-state index in [1.165, 1.54) is 17.8 Å². The largest absolute Gasteiger partial charge is 0.435 e. The first-order chi connectivity index (χ1) is 19.7. The molecular formula is C28H30Cl3N5O4S.